The van der Waals surface area contributed by atoms with Gasteiger partial charge in [0.2, 0.25) is 5.91 Å². The van der Waals surface area contributed by atoms with E-state index in [-0.39, 0.29) is 18.9 Å². The summed E-state index contributed by atoms with van der Waals surface area (Å²) in [5.41, 5.74) is 0.693. The van der Waals surface area contributed by atoms with Crippen molar-refractivity contribution in [2.45, 2.75) is 32.5 Å². The summed E-state index contributed by atoms with van der Waals surface area (Å²) in [7, 11) is 0. The van der Waals surface area contributed by atoms with Crippen molar-refractivity contribution < 1.29 is 24.5 Å². The van der Waals surface area contributed by atoms with Gasteiger partial charge in [-0.1, -0.05) is 12.1 Å². The summed E-state index contributed by atoms with van der Waals surface area (Å²) >= 11 is 0. The van der Waals surface area contributed by atoms with Crippen LogP contribution in [0, 0.1) is 0 Å². The minimum absolute atomic E-state index is 0.0341. The first-order chi connectivity index (χ1) is 11.9. The highest BCUT2D eigenvalue weighted by Crippen LogP contribution is 2.20. The van der Waals surface area contributed by atoms with E-state index in [1.54, 1.807) is 29.2 Å². The minimum atomic E-state index is -0.881. The molecular formula is C18H26N2O5. The van der Waals surface area contributed by atoms with Crippen molar-refractivity contribution in [3.05, 3.63) is 29.8 Å². The molecule has 7 heteroatoms. The maximum absolute atomic E-state index is 12.2. The number of aliphatic hydroxyl groups is 1. The van der Waals surface area contributed by atoms with Crippen molar-refractivity contribution in [1.82, 2.24) is 9.80 Å². The third-order valence-corrected chi connectivity index (χ3v) is 4.35. The molecule has 1 heterocycles. The fraction of sp³-hybridized carbons (Fsp3) is 0.556. The van der Waals surface area contributed by atoms with E-state index in [0.717, 1.165) is 0 Å². The predicted molar refractivity (Wildman–Crippen MR) is 92.6 cm³/mol. The second-order valence-corrected chi connectivity index (χ2v) is 6.20. The average molecular weight is 350 g/mol. The van der Waals surface area contributed by atoms with E-state index in [0.29, 0.717) is 37.5 Å². The maximum atomic E-state index is 12.2. The number of carboxylic acid groups (broad SMARTS) is 1. The van der Waals surface area contributed by atoms with E-state index in [9.17, 15) is 14.7 Å². The second kappa shape index (κ2) is 8.82. The number of nitrogens with zero attached hydrogens (tertiary/aromatic N) is 2. The van der Waals surface area contributed by atoms with Gasteiger partial charge in [-0.25, -0.2) is 0 Å². The van der Waals surface area contributed by atoms with Crippen molar-refractivity contribution >= 4 is 11.9 Å². The monoisotopic (exact) mass is 350 g/mol. The predicted octanol–water partition coefficient (Wildman–Crippen LogP) is 0.606. The van der Waals surface area contributed by atoms with Crippen LogP contribution in [0.1, 0.15) is 19.4 Å². The molecule has 138 valence electrons. The number of β-amino-alcohol motifs (C(OH)–C–C–N with tert-alkyl or cyclic N) is 1. The first kappa shape index (κ1) is 19.2. The first-order valence-corrected chi connectivity index (χ1v) is 8.58. The number of likely N-dealkylation sites (N-methyl/N-ethyl adjacent to an activating group) is 1. The van der Waals surface area contributed by atoms with E-state index >= 15 is 0 Å². The smallest absolute Gasteiger partial charge is 0.307 e. The van der Waals surface area contributed by atoms with Gasteiger partial charge in [0.15, 0.2) is 0 Å². The van der Waals surface area contributed by atoms with Crippen LogP contribution in [0.15, 0.2) is 24.3 Å². The molecular weight excluding hydrogens is 324 g/mol. The number of likely N-dealkylation sites (tertiary alicyclic amines) is 1. The highest BCUT2D eigenvalue weighted by atomic mass is 16.5. The van der Waals surface area contributed by atoms with Gasteiger partial charge in [-0.3, -0.25) is 14.5 Å². The Bertz CT molecular complexity index is 586. The minimum Gasteiger partial charge on any atom is -0.486 e. The van der Waals surface area contributed by atoms with Crippen LogP contribution in [0.25, 0.3) is 0 Å². The van der Waals surface area contributed by atoms with E-state index < -0.39 is 18.2 Å². The largest absolute Gasteiger partial charge is 0.486 e. The Morgan fingerprint density at radius 3 is 2.40 bits per heavy atom. The summed E-state index contributed by atoms with van der Waals surface area (Å²) in [6.45, 7) is 6.39. The number of carbonyl (C=O) groups is 2. The lowest BCUT2D eigenvalue weighted by atomic mass is 10.1. The standard InChI is InChI=1S/C18H26N2O5/c1-3-20(4-2)17(22)12-19-10-15(21)16(11-19)25-14-7-5-13(6-8-14)9-18(23)24/h5-8,15-16,21H,3-4,9-12H2,1-2H3,(H,23,24)/t15-,16-/m1/s1. The van der Waals surface area contributed by atoms with E-state index in [1.165, 1.54) is 0 Å². The Hall–Kier alpha value is -2.12. The molecule has 0 saturated carbocycles. The fourth-order valence-corrected chi connectivity index (χ4v) is 2.98. The van der Waals surface area contributed by atoms with Gasteiger partial charge < -0.3 is 19.8 Å². The lowest BCUT2D eigenvalue weighted by Crippen LogP contribution is -2.40. The molecule has 2 N–H and O–H groups in total. The molecule has 0 spiro atoms. The number of benzene rings is 1. The number of rotatable bonds is 8. The summed E-state index contributed by atoms with van der Waals surface area (Å²) in [6.07, 6.45) is -1.11. The molecule has 0 aromatic heterocycles. The number of amides is 1. The van der Waals surface area contributed by atoms with Crippen molar-refractivity contribution in [3.8, 4) is 5.75 Å². The third kappa shape index (κ3) is 5.44. The zero-order chi connectivity index (χ0) is 18.4. The highest BCUT2D eigenvalue weighted by Gasteiger charge is 2.34. The molecule has 7 nitrogen and oxygen atoms in total. The van der Waals surface area contributed by atoms with Crippen molar-refractivity contribution in [3.63, 3.8) is 0 Å². The van der Waals surface area contributed by atoms with E-state index in [4.69, 9.17) is 9.84 Å². The molecule has 1 fully saturated rings. The van der Waals surface area contributed by atoms with Crippen LogP contribution < -0.4 is 4.74 Å². The average Bonchev–Trinajstić information content (AvgIpc) is 2.89. The molecule has 1 aromatic carbocycles. The normalized spacial score (nSPS) is 20.4. The van der Waals surface area contributed by atoms with Crippen LogP contribution in [-0.2, 0) is 16.0 Å². The zero-order valence-corrected chi connectivity index (χ0v) is 14.7. The number of carboxylic acids is 1. The number of hydrogen-bond donors (Lipinski definition) is 2. The molecule has 0 radical (unpaired) electrons. The quantitative estimate of drug-likeness (QED) is 0.714. The van der Waals surface area contributed by atoms with Gasteiger partial charge in [0.25, 0.3) is 0 Å². The lowest BCUT2D eigenvalue weighted by molar-refractivity contribution is -0.136. The fourth-order valence-electron chi connectivity index (χ4n) is 2.98. The molecule has 1 saturated heterocycles. The maximum Gasteiger partial charge on any atom is 0.307 e. The van der Waals surface area contributed by atoms with Crippen LogP contribution in [0.3, 0.4) is 0 Å². The second-order valence-electron chi connectivity index (χ2n) is 6.20. The topological polar surface area (TPSA) is 90.3 Å². The van der Waals surface area contributed by atoms with Gasteiger partial charge in [0, 0.05) is 26.2 Å². The van der Waals surface area contributed by atoms with Gasteiger partial charge >= 0.3 is 5.97 Å². The van der Waals surface area contributed by atoms with Gasteiger partial charge in [-0.05, 0) is 31.5 Å². The third-order valence-electron chi connectivity index (χ3n) is 4.35. The molecule has 0 bridgehead atoms. The number of ether oxygens (including phenoxy) is 1. The number of hydrogen-bond acceptors (Lipinski definition) is 5. The number of carbonyl (C=O) groups excluding carboxylic acids is 1. The van der Waals surface area contributed by atoms with Crippen molar-refractivity contribution in [2.24, 2.45) is 0 Å². The molecule has 2 rings (SSSR count). The molecule has 0 aliphatic carbocycles. The molecule has 2 atom stereocenters. The Balaban J connectivity index is 1.89. The molecule has 1 aliphatic heterocycles. The summed E-state index contributed by atoms with van der Waals surface area (Å²) in [5, 5.41) is 19.0. The van der Waals surface area contributed by atoms with Crippen LogP contribution in [-0.4, -0.2) is 76.8 Å². The van der Waals surface area contributed by atoms with Crippen LogP contribution in [0.4, 0.5) is 0 Å². The number of aliphatic hydroxyl groups excluding tert-OH is 1. The van der Waals surface area contributed by atoms with Crippen LogP contribution in [0.5, 0.6) is 5.75 Å². The number of aliphatic carboxylic acids is 1. The molecule has 25 heavy (non-hydrogen) atoms. The Kier molecular flexibility index (Phi) is 6.78. The molecule has 1 amide bonds. The van der Waals surface area contributed by atoms with Crippen molar-refractivity contribution in [2.75, 3.05) is 32.7 Å². The summed E-state index contributed by atoms with van der Waals surface area (Å²) < 4.78 is 5.81. The summed E-state index contributed by atoms with van der Waals surface area (Å²) in [4.78, 5) is 26.5. The summed E-state index contributed by atoms with van der Waals surface area (Å²) in [5.74, 6) is -0.251. The molecule has 1 aliphatic rings. The SMILES string of the molecule is CCN(CC)C(=O)CN1C[C@@H](O)[C@H](Oc2ccc(CC(=O)O)cc2)C1. The van der Waals surface area contributed by atoms with Gasteiger partial charge in [-0.2, -0.15) is 0 Å². The van der Waals surface area contributed by atoms with E-state index in [2.05, 4.69) is 0 Å². The van der Waals surface area contributed by atoms with Gasteiger partial charge in [0.05, 0.1) is 13.0 Å². The first-order valence-electron chi connectivity index (χ1n) is 8.58. The van der Waals surface area contributed by atoms with Crippen LogP contribution >= 0.6 is 0 Å². The Morgan fingerprint density at radius 1 is 1.20 bits per heavy atom. The molecule has 0 unspecified atom stereocenters. The zero-order valence-electron chi connectivity index (χ0n) is 14.7. The Labute approximate surface area is 147 Å². The van der Waals surface area contributed by atoms with Crippen LogP contribution in [0.2, 0.25) is 0 Å². The Morgan fingerprint density at radius 2 is 1.84 bits per heavy atom. The van der Waals surface area contributed by atoms with Gasteiger partial charge in [-0.15, -0.1) is 0 Å². The van der Waals surface area contributed by atoms with Crippen molar-refractivity contribution in [1.29, 1.82) is 0 Å². The van der Waals surface area contributed by atoms with Gasteiger partial charge in [0.1, 0.15) is 18.0 Å². The molecule has 1 aromatic rings. The highest BCUT2D eigenvalue weighted by molar-refractivity contribution is 5.78. The lowest BCUT2D eigenvalue weighted by Gasteiger charge is -2.22. The van der Waals surface area contributed by atoms with E-state index in [1.807, 2.05) is 18.7 Å². The summed E-state index contributed by atoms with van der Waals surface area (Å²) in [6, 6.07) is 6.81.